The fourth-order valence-electron chi connectivity index (χ4n) is 2.26. The summed E-state index contributed by atoms with van der Waals surface area (Å²) >= 11 is 0. The number of hydrogen-bond donors (Lipinski definition) is 2. The van der Waals surface area contributed by atoms with Crippen molar-refractivity contribution in [3.8, 4) is 0 Å². The summed E-state index contributed by atoms with van der Waals surface area (Å²) in [5.74, 6) is -0.561. The number of rotatable bonds is 7. The summed E-state index contributed by atoms with van der Waals surface area (Å²) in [5.41, 5.74) is 7.27. The maximum absolute atomic E-state index is 11.1. The van der Waals surface area contributed by atoms with E-state index in [4.69, 9.17) is 10.8 Å². The van der Waals surface area contributed by atoms with Crippen molar-refractivity contribution in [3.05, 3.63) is 35.4 Å². The van der Waals surface area contributed by atoms with Crippen LogP contribution in [0.2, 0.25) is 0 Å². The molecule has 0 aromatic heterocycles. The van der Waals surface area contributed by atoms with Crippen LogP contribution < -0.4 is 5.73 Å². The third-order valence-corrected chi connectivity index (χ3v) is 3.74. The maximum atomic E-state index is 11.1. The number of benzene rings is 1. The Labute approximate surface area is 115 Å². The fraction of sp³-hybridized carbons (Fsp3) is 0.562. The molecular weight excluding hydrogens is 238 g/mol. The van der Waals surface area contributed by atoms with Crippen molar-refractivity contribution >= 4 is 5.97 Å². The minimum atomic E-state index is -1.12. The van der Waals surface area contributed by atoms with Gasteiger partial charge in [0.1, 0.15) is 5.54 Å². The second-order valence-electron chi connectivity index (χ2n) is 5.73. The van der Waals surface area contributed by atoms with Gasteiger partial charge in [-0.2, -0.15) is 0 Å². The van der Waals surface area contributed by atoms with E-state index >= 15 is 0 Å². The number of aryl methyl sites for hydroxylation is 2. The topological polar surface area (TPSA) is 63.3 Å². The number of carbonyl (C=O) groups is 1. The largest absolute Gasteiger partial charge is 0.480 e. The lowest BCUT2D eigenvalue weighted by atomic mass is 9.85. The number of hydrogen-bond acceptors (Lipinski definition) is 2. The lowest BCUT2D eigenvalue weighted by molar-refractivity contribution is -0.143. The van der Waals surface area contributed by atoms with Crippen LogP contribution in [0.1, 0.15) is 44.2 Å². The normalized spacial score (nSPS) is 15.8. The smallest absolute Gasteiger partial charge is 0.323 e. The second kappa shape index (κ2) is 6.71. The van der Waals surface area contributed by atoms with E-state index in [0.717, 1.165) is 19.3 Å². The Morgan fingerprint density at radius 2 is 1.95 bits per heavy atom. The van der Waals surface area contributed by atoms with Gasteiger partial charge in [-0.1, -0.05) is 43.2 Å². The average molecular weight is 263 g/mol. The maximum Gasteiger partial charge on any atom is 0.323 e. The van der Waals surface area contributed by atoms with E-state index in [0.29, 0.717) is 12.3 Å². The van der Waals surface area contributed by atoms with Crippen molar-refractivity contribution in [2.45, 2.75) is 52.0 Å². The SMILES string of the molecule is CCC(CCc1ccc(C)cc1)CC(C)(N)C(=O)O. The van der Waals surface area contributed by atoms with Gasteiger partial charge in [0.2, 0.25) is 0 Å². The van der Waals surface area contributed by atoms with Gasteiger partial charge in [-0.3, -0.25) is 4.79 Å². The lowest BCUT2D eigenvalue weighted by Crippen LogP contribution is -2.46. The zero-order valence-electron chi connectivity index (χ0n) is 12.1. The first kappa shape index (κ1) is 15.7. The second-order valence-corrected chi connectivity index (χ2v) is 5.73. The number of aliphatic carboxylic acids is 1. The predicted octanol–water partition coefficient (Wildman–Crippen LogP) is 3.15. The lowest BCUT2D eigenvalue weighted by Gasteiger charge is -2.25. The summed E-state index contributed by atoms with van der Waals surface area (Å²) in [5, 5.41) is 9.08. The van der Waals surface area contributed by atoms with Gasteiger partial charge in [-0.25, -0.2) is 0 Å². The minimum absolute atomic E-state index is 0.354. The van der Waals surface area contributed by atoms with Crippen LogP contribution in [0.25, 0.3) is 0 Å². The molecule has 0 amide bonds. The monoisotopic (exact) mass is 263 g/mol. The van der Waals surface area contributed by atoms with Crippen LogP contribution in [0.15, 0.2) is 24.3 Å². The molecule has 106 valence electrons. The van der Waals surface area contributed by atoms with Crippen LogP contribution in [0.4, 0.5) is 0 Å². The first-order valence-electron chi connectivity index (χ1n) is 6.93. The van der Waals surface area contributed by atoms with Crippen LogP contribution in [-0.2, 0) is 11.2 Å². The molecule has 2 atom stereocenters. The molecule has 3 heteroatoms. The highest BCUT2D eigenvalue weighted by atomic mass is 16.4. The van der Waals surface area contributed by atoms with Crippen molar-refractivity contribution in [2.75, 3.05) is 0 Å². The Balaban J connectivity index is 2.53. The molecule has 3 N–H and O–H groups in total. The van der Waals surface area contributed by atoms with Crippen molar-refractivity contribution in [2.24, 2.45) is 11.7 Å². The molecule has 1 aromatic carbocycles. The number of carboxylic acids is 1. The summed E-state index contributed by atoms with van der Waals surface area (Å²) < 4.78 is 0. The van der Waals surface area contributed by atoms with Gasteiger partial charge in [0.15, 0.2) is 0 Å². The molecule has 3 nitrogen and oxygen atoms in total. The van der Waals surface area contributed by atoms with Crippen molar-refractivity contribution in [1.29, 1.82) is 0 Å². The zero-order chi connectivity index (χ0) is 14.5. The Hall–Kier alpha value is -1.35. The molecule has 0 spiro atoms. The quantitative estimate of drug-likeness (QED) is 0.794. The average Bonchev–Trinajstić information content (AvgIpc) is 2.36. The van der Waals surface area contributed by atoms with Crippen LogP contribution >= 0.6 is 0 Å². The fourth-order valence-corrected chi connectivity index (χ4v) is 2.26. The molecule has 19 heavy (non-hydrogen) atoms. The Morgan fingerprint density at radius 3 is 2.42 bits per heavy atom. The minimum Gasteiger partial charge on any atom is -0.480 e. The Morgan fingerprint density at radius 1 is 1.37 bits per heavy atom. The van der Waals surface area contributed by atoms with Gasteiger partial charge >= 0.3 is 5.97 Å². The summed E-state index contributed by atoms with van der Waals surface area (Å²) in [4.78, 5) is 11.1. The molecule has 0 aliphatic rings. The molecule has 0 radical (unpaired) electrons. The molecule has 0 saturated heterocycles. The molecular formula is C16H25NO2. The third kappa shape index (κ3) is 5.03. The van der Waals surface area contributed by atoms with Gasteiger partial charge in [0, 0.05) is 0 Å². The van der Waals surface area contributed by atoms with Crippen molar-refractivity contribution in [3.63, 3.8) is 0 Å². The van der Waals surface area contributed by atoms with E-state index < -0.39 is 11.5 Å². The molecule has 0 bridgehead atoms. The van der Waals surface area contributed by atoms with Gasteiger partial charge in [0.05, 0.1) is 0 Å². The van der Waals surface area contributed by atoms with Gasteiger partial charge in [0.25, 0.3) is 0 Å². The third-order valence-electron chi connectivity index (χ3n) is 3.74. The van der Waals surface area contributed by atoms with E-state index in [9.17, 15) is 4.79 Å². The van der Waals surface area contributed by atoms with E-state index in [2.05, 4.69) is 38.1 Å². The molecule has 0 fully saturated rings. The Bertz CT molecular complexity index is 409. The highest BCUT2D eigenvalue weighted by molar-refractivity contribution is 5.77. The highest BCUT2D eigenvalue weighted by Gasteiger charge is 2.30. The molecule has 0 aliphatic heterocycles. The summed E-state index contributed by atoms with van der Waals surface area (Å²) in [7, 11) is 0. The molecule has 0 aliphatic carbocycles. The number of carboxylic acid groups (broad SMARTS) is 1. The first-order valence-corrected chi connectivity index (χ1v) is 6.93. The van der Waals surface area contributed by atoms with Crippen molar-refractivity contribution in [1.82, 2.24) is 0 Å². The Kier molecular flexibility index (Phi) is 5.55. The van der Waals surface area contributed by atoms with Crippen LogP contribution in [0.3, 0.4) is 0 Å². The summed E-state index contributed by atoms with van der Waals surface area (Å²) in [6.07, 6.45) is 3.46. The van der Waals surface area contributed by atoms with Crippen LogP contribution in [0.5, 0.6) is 0 Å². The predicted molar refractivity (Wildman–Crippen MR) is 78.1 cm³/mol. The van der Waals surface area contributed by atoms with Gasteiger partial charge < -0.3 is 10.8 Å². The molecule has 1 aromatic rings. The highest BCUT2D eigenvalue weighted by Crippen LogP contribution is 2.23. The summed E-state index contributed by atoms with van der Waals surface area (Å²) in [6, 6.07) is 8.50. The van der Waals surface area contributed by atoms with Gasteiger partial charge in [-0.05, 0) is 44.6 Å². The van der Waals surface area contributed by atoms with Crippen LogP contribution in [-0.4, -0.2) is 16.6 Å². The van der Waals surface area contributed by atoms with E-state index in [1.54, 1.807) is 6.92 Å². The molecule has 1 rings (SSSR count). The van der Waals surface area contributed by atoms with E-state index in [-0.39, 0.29) is 0 Å². The summed E-state index contributed by atoms with van der Waals surface area (Å²) in [6.45, 7) is 5.77. The van der Waals surface area contributed by atoms with E-state index in [1.165, 1.54) is 11.1 Å². The molecule has 0 heterocycles. The molecule has 0 saturated carbocycles. The standard InChI is InChI=1S/C16H25NO2/c1-4-13(11-16(3,17)15(18)19)9-10-14-7-5-12(2)6-8-14/h5-8,13H,4,9-11,17H2,1-3H3,(H,18,19). The van der Waals surface area contributed by atoms with E-state index in [1.807, 2.05) is 0 Å². The van der Waals surface area contributed by atoms with Crippen LogP contribution in [0, 0.1) is 12.8 Å². The zero-order valence-corrected chi connectivity index (χ0v) is 12.1. The first-order chi connectivity index (χ1) is 8.85. The van der Waals surface area contributed by atoms with Gasteiger partial charge in [-0.15, -0.1) is 0 Å². The number of nitrogens with two attached hydrogens (primary N) is 1. The molecule has 2 unspecified atom stereocenters. The van der Waals surface area contributed by atoms with Crippen molar-refractivity contribution < 1.29 is 9.90 Å².